The average molecular weight is 371 g/mol. The lowest BCUT2D eigenvalue weighted by Gasteiger charge is -2.34. The van der Waals surface area contributed by atoms with Gasteiger partial charge < -0.3 is 4.90 Å². The Morgan fingerprint density at radius 3 is 2.41 bits per heavy atom. The van der Waals surface area contributed by atoms with Crippen LogP contribution < -0.4 is 0 Å². The van der Waals surface area contributed by atoms with E-state index in [-0.39, 0.29) is 22.3 Å². The second-order valence-corrected chi connectivity index (χ2v) is 6.71. The summed E-state index contributed by atoms with van der Waals surface area (Å²) in [6.45, 7) is 3.42. The number of nitrogens with zero attached hydrogens (tertiary/aromatic N) is 3. The summed E-state index contributed by atoms with van der Waals surface area (Å²) < 4.78 is 12.9. The van der Waals surface area contributed by atoms with Crippen molar-refractivity contribution in [1.82, 2.24) is 9.80 Å². The fourth-order valence-corrected chi connectivity index (χ4v) is 3.24. The van der Waals surface area contributed by atoms with Crippen LogP contribution in [0.3, 0.4) is 0 Å². The molecule has 27 heavy (non-hydrogen) atoms. The maximum Gasteiger partial charge on any atom is 0.269 e. The van der Waals surface area contributed by atoms with Crippen LogP contribution in [0.2, 0.25) is 0 Å². The fraction of sp³-hybridized carbons (Fsp3) is 0.350. The molecule has 1 amide bonds. The number of amides is 1. The number of halogens is 1. The van der Waals surface area contributed by atoms with Crippen LogP contribution in [0, 0.1) is 15.9 Å². The quantitative estimate of drug-likeness (QED) is 0.578. The van der Waals surface area contributed by atoms with E-state index in [0.717, 1.165) is 24.2 Å². The SMILES string of the molecule is O=C(CCc1ccc(F)cc1)N1CCN(Cc2cccc([N+](=O)[O-])c2)CC1. The summed E-state index contributed by atoms with van der Waals surface area (Å²) in [5.41, 5.74) is 1.96. The van der Waals surface area contributed by atoms with Crippen LogP contribution >= 0.6 is 0 Å². The highest BCUT2D eigenvalue weighted by molar-refractivity contribution is 5.76. The molecule has 142 valence electrons. The predicted octanol–water partition coefficient (Wildman–Crippen LogP) is 3.01. The number of nitro groups is 1. The molecule has 6 nitrogen and oxygen atoms in total. The highest BCUT2D eigenvalue weighted by atomic mass is 19.1. The van der Waals surface area contributed by atoms with Gasteiger partial charge >= 0.3 is 0 Å². The van der Waals surface area contributed by atoms with E-state index in [2.05, 4.69) is 4.90 Å². The largest absolute Gasteiger partial charge is 0.340 e. The smallest absolute Gasteiger partial charge is 0.269 e. The van der Waals surface area contributed by atoms with Gasteiger partial charge in [0.1, 0.15) is 5.82 Å². The molecule has 1 fully saturated rings. The number of carbonyl (C=O) groups is 1. The molecule has 7 heteroatoms. The van der Waals surface area contributed by atoms with Crippen LogP contribution in [0.5, 0.6) is 0 Å². The minimum absolute atomic E-state index is 0.0992. The molecule has 1 saturated heterocycles. The molecule has 0 aliphatic carbocycles. The van der Waals surface area contributed by atoms with Gasteiger partial charge in [0.15, 0.2) is 0 Å². The summed E-state index contributed by atoms with van der Waals surface area (Å²) in [5.74, 6) is -0.167. The summed E-state index contributed by atoms with van der Waals surface area (Å²) in [5, 5.41) is 10.9. The molecular formula is C20H22FN3O3. The molecule has 0 radical (unpaired) electrons. The minimum Gasteiger partial charge on any atom is -0.340 e. The third kappa shape index (κ3) is 5.34. The topological polar surface area (TPSA) is 66.7 Å². The second-order valence-electron chi connectivity index (χ2n) is 6.71. The van der Waals surface area contributed by atoms with Crippen LogP contribution in [0.25, 0.3) is 0 Å². The van der Waals surface area contributed by atoms with Crippen molar-refractivity contribution in [2.24, 2.45) is 0 Å². The maximum absolute atomic E-state index is 12.9. The highest BCUT2D eigenvalue weighted by Crippen LogP contribution is 2.16. The van der Waals surface area contributed by atoms with E-state index < -0.39 is 0 Å². The molecule has 1 heterocycles. The van der Waals surface area contributed by atoms with Crippen LogP contribution in [0.15, 0.2) is 48.5 Å². The van der Waals surface area contributed by atoms with Crippen LogP contribution in [-0.4, -0.2) is 46.8 Å². The van der Waals surface area contributed by atoms with Crippen molar-refractivity contribution in [3.05, 3.63) is 75.6 Å². The third-order valence-electron chi connectivity index (χ3n) is 4.79. The first-order valence-electron chi connectivity index (χ1n) is 8.99. The molecule has 0 saturated carbocycles. The van der Waals surface area contributed by atoms with E-state index in [4.69, 9.17) is 0 Å². The van der Waals surface area contributed by atoms with Crippen LogP contribution in [-0.2, 0) is 17.8 Å². The molecule has 1 aliphatic heterocycles. The van der Waals surface area contributed by atoms with E-state index in [0.29, 0.717) is 32.5 Å². The van der Waals surface area contributed by atoms with Gasteiger partial charge in [0.2, 0.25) is 5.91 Å². The number of hydrogen-bond donors (Lipinski definition) is 0. The van der Waals surface area contributed by atoms with Crippen LogP contribution in [0.1, 0.15) is 17.5 Å². The van der Waals surface area contributed by atoms with Gasteiger partial charge in [-0.2, -0.15) is 0 Å². The molecule has 0 spiro atoms. The number of benzene rings is 2. The summed E-state index contributed by atoms with van der Waals surface area (Å²) in [6.07, 6.45) is 1.02. The molecule has 0 aromatic heterocycles. The van der Waals surface area contributed by atoms with E-state index >= 15 is 0 Å². The van der Waals surface area contributed by atoms with Gasteiger partial charge in [-0.1, -0.05) is 24.3 Å². The molecular weight excluding hydrogens is 349 g/mol. The number of non-ortho nitro benzene ring substituents is 1. The normalized spacial score (nSPS) is 14.9. The minimum atomic E-state index is -0.388. The van der Waals surface area contributed by atoms with Crippen molar-refractivity contribution in [3.8, 4) is 0 Å². The number of rotatable bonds is 6. The second kappa shape index (κ2) is 8.73. The van der Waals surface area contributed by atoms with E-state index in [1.807, 2.05) is 11.0 Å². The third-order valence-corrected chi connectivity index (χ3v) is 4.79. The molecule has 2 aromatic rings. The Labute approximate surface area is 157 Å². The summed E-state index contributed by atoms with van der Waals surface area (Å²) >= 11 is 0. The molecule has 0 atom stereocenters. The average Bonchev–Trinajstić information content (AvgIpc) is 2.68. The Bertz CT molecular complexity index is 802. The van der Waals surface area contributed by atoms with Crippen molar-refractivity contribution < 1.29 is 14.1 Å². The zero-order valence-corrected chi connectivity index (χ0v) is 15.0. The van der Waals surface area contributed by atoms with Crippen molar-refractivity contribution in [3.63, 3.8) is 0 Å². The zero-order chi connectivity index (χ0) is 19.2. The predicted molar refractivity (Wildman–Crippen MR) is 99.7 cm³/mol. The Hall–Kier alpha value is -2.80. The maximum atomic E-state index is 12.9. The van der Waals surface area contributed by atoms with E-state index in [1.165, 1.54) is 18.2 Å². The van der Waals surface area contributed by atoms with Gasteiger partial charge in [-0.05, 0) is 29.7 Å². The molecule has 0 N–H and O–H groups in total. The number of aryl methyl sites for hydroxylation is 1. The number of carbonyl (C=O) groups excluding carboxylic acids is 1. The van der Waals surface area contributed by atoms with E-state index in [1.54, 1.807) is 24.3 Å². The van der Waals surface area contributed by atoms with E-state index in [9.17, 15) is 19.3 Å². The van der Waals surface area contributed by atoms with Crippen molar-refractivity contribution in [2.45, 2.75) is 19.4 Å². The first-order valence-corrected chi connectivity index (χ1v) is 8.99. The van der Waals surface area contributed by atoms with Gasteiger partial charge in [-0.15, -0.1) is 0 Å². The Morgan fingerprint density at radius 2 is 1.74 bits per heavy atom. The van der Waals surface area contributed by atoms with Gasteiger partial charge in [0.05, 0.1) is 4.92 Å². The first-order chi connectivity index (χ1) is 13.0. The number of piperazine rings is 1. The summed E-state index contributed by atoms with van der Waals surface area (Å²) in [6, 6.07) is 12.9. The Morgan fingerprint density at radius 1 is 1.04 bits per heavy atom. The van der Waals surface area contributed by atoms with Crippen molar-refractivity contribution in [2.75, 3.05) is 26.2 Å². The number of hydrogen-bond acceptors (Lipinski definition) is 4. The lowest BCUT2D eigenvalue weighted by Crippen LogP contribution is -2.48. The summed E-state index contributed by atoms with van der Waals surface area (Å²) in [7, 11) is 0. The van der Waals surface area contributed by atoms with Crippen LogP contribution in [0.4, 0.5) is 10.1 Å². The monoisotopic (exact) mass is 371 g/mol. The first kappa shape index (κ1) is 19.0. The number of nitro benzene ring substituents is 1. The van der Waals surface area contributed by atoms with Gasteiger partial charge in [0, 0.05) is 51.3 Å². The molecule has 0 unspecified atom stereocenters. The van der Waals surface area contributed by atoms with Crippen molar-refractivity contribution >= 4 is 11.6 Å². The lowest BCUT2D eigenvalue weighted by atomic mass is 10.1. The lowest BCUT2D eigenvalue weighted by molar-refractivity contribution is -0.384. The Balaban J connectivity index is 1.45. The summed E-state index contributed by atoms with van der Waals surface area (Å²) in [4.78, 5) is 26.9. The molecule has 2 aromatic carbocycles. The van der Waals surface area contributed by atoms with Gasteiger partial charge in [-0.3, -0.25) is 19.8 Å². The fourth-order valence-electron chi connectivity index (χ4n) is 3.24. The molecule has 3 rings (SSSR count). The molecule has 0 bridgehead atoms. The molecule has 1 aliphatic rings. The zero-order valence-electron chi connectivity index (χ0n) is 15.0. The van der Waals surface area contributed by atoms with Crippen molar-refractivity contribution in [1.29, 1.82) is 0 Å². The van der Waals surface area contributed by atoms with Gasteiger partial charge in [0.25, 0.3) is 5.69 Å². The standard InChI is InChI=1S/C20H22FN3O3/c21-18-7-4-16(5-8-18)6-9-20(25)23-12-10-22(11-13-23)15-17-2-1-3-19(14-17)24(26)27/h1-5,7-8,14H,6,9-13,15H2. The van der Waals surface area contributed by atoms with Gasteiger partial charge in [-0.25, -0.2) is 4.39 Å². The Kier molecular flexibility index (Phi) is 6.13. The highest BCUT2D eigenvalue weighted by Gasteiger charge is 2.21.